The lowest BCUT2D eigenvalue weighted by molar-refractivity contribution is -0.114. The van der Waals surface area contributed by atoms with Crippen molar-refractivity contribution in [3.05, 3.63) is 101 Å². The molecule has 0 fully saturated rings. The van der Waals surface area contributed by atoms with Crippen LogP contribution in [0.5, 0.6) is 0 Å². The van der Waals surface area contributed by atoms with Crippen LogP contribution in [0.15, 0.2) is 78.9 Å². The molecule has 1 aromatic heterocycles. The Labute approximate surface area is 178 Å². The number of carbonyl (C=O) groups is 1. The van der Waals surface area contributed by atoms with Crippen molar-refractivity contribution in [3.63, 3.8) is 0 Å². The minimum Gasteiger partial charge on any atom is -0.280 e. The highest BCUT2D eigenvalue weighted by atomic mass is 35.5. The van der Waals surface area contributed by atoms with E-state index in [1.807, 2.05) is 66.7 Å². The maximum absolute atomic E-state index is 13.1. The molecule has 29 heavy (non-hydrogen) atoms. The van der Waals surface area contributed by atoms with Crippen LogP contribution in [0, 0.1) is 6.92 Å². The van der Waals surface area contributed by atoms with Gasteiger partial charge in [0.05, 0.1) is 16.8 Å². The van der Waals surface area contributed by atoms with E-state index in [2.05, 4.69) is 13.0 Å². The van der Waals surface area contributed by atoms with Crippen molar-refractivity contribution in [2.24, 2.45) is 0 Å². The van der Waals surface area contributed by atoms with Crippen molar-refractivity contribution in [3.8, 4) is 0 Å². The second-order valence-electron chi connectivity index (χ2n) is 6.73. The Morgan fingerprint density at radius 2 is 1.83 bits per heavy atom. The smallest absolute Gasteiger partial charge is 0.253 e. The van der Waals surface area contributed by atoms with Crippen molar-refractivity contribution < 1.29 is 4.79 Å². The quantitative estimate of drug-likeness (QED) is 0.346. The molecule has 144 valence electrons. The highest BCUT2D eigenvalue weighted by Gasteiger charge is 2.18. The molecule has 1 amide bonds. The number of thiazole rings is 1. The van der Waals surface area contributed by atoms with Gasteiger partial charge >= 0.3 is 0 Å². The molecule has 0 aliphatic carbocycles. The summed E-state index contributed by atoms with van der Waals surface area (Å²) < 4.78 is 1.07. The fourth-order valence-corrected chi connectivity index (χ4v) is 4.27. The summed E-state index contributed by atoms with van der Waals surface area (Å²) in [6, 6.07) is 23.5. The Kier molecular flexibility index (Phi) is 5.74. The zero-order valence-corrected chi connectivity index (χ0v) is 17.5. The van der Waals surface area contributed by atoms with Crippen LogP contribution < -0.4 is 4.90 Å². The highest BCUT2D eigenvalue weighted by molar-refractivity contribution is 7.22. The van der Waals surface area contributed by atoms with E-state index in [1.165, 1.54) is 16.9 Å². The number of rotatable bonds is 5. The number of aromatic nitrogens is 1. The number of aryl methyl sites for hydroxylation is 1. The monoisotopic (exact) mass is 418 g/mol. The van der Waals surface area contributed by atoms with Crippen molar-refractivity contribution in [1.29, 1.82) is 0 Å². The number of amides is 1. The van der Waals surface area contributed by atoms with Crippen LogP contribution in [0.1, 0.15) is 16.7 Å². The molecule has 0 saturated carbocycles. The fraction of sp³-hybridized carbons (Fsp3) is 0.0833. The van der Waals surface area contributed by atoms with E-state index in [0.717, 1.165) is 21.3 Å². The molecule has 0 saturated heterocycles. The molecule has 4 rings (SSSR count). The van der Waals surface area contributed by atoms with Gasteiger partial charge in [0.25, 0.3) is 5.91 Å². The number of fused-ring (bicyclic) bond motifs is 1. The first-order chi connectivity index (χ1) is 14.1. The largest absolute Gasteiger partial charge is 0.280 e. The summed E-state index contributed by atoms with van der Waals surface area (Å²) in [6.07, 6.45) is 3.31. The van der Waals surface area contributed by atoms with Gasteiger partial charge in [-0.2, -0.15) is 0 Å². The van der Waals surface area contributed by atoms with Crippen molar-refractivity contribution in [1.82, 2.24) is 4.98 Å². The van der Waals surface area contributed by atoms with Gasteiger partial charge in [-0.25, -0.2) is 4.98 Å². The lowest BCUT2D eigenvalue weighted by Crippen LogP contribution is -2.28. The van der Waals surface area contributed by atoms with Crippen molar-refractivity contribution >= 4 is 50.3 Å². The molecular weight excluding hydrogens is 400 g/mol. The van der Waals surface area contributed by atoms with Gasteiger partial charge in [-0.3, -0.25) is 9.69 Å². The summed E-state index contributed by atoms with van der Waals surface area (Å²) in [5, 5.41) is 1.30. The second-order valence-corrected chi connectivity index (χ2v) is 8.15. The molecule has 0 spiro atoms. The maximum Gasteiger partial charge on any atom is 0.253 e. The summed E-state index contributed by atoms with van der Waals surface area (Å²) in [6.45, 7) is 2.50. The molecule has 0 aliphatic rings. The number of benzene rings is 3. The van der Waals surface area contributed by atoms with Gasteiger partial charge in [0.2, 0.25) is 0 Å². The highest BCUT2D eigenvalue weighted by Crippen LogP contribution is 2.31. The standard InChI is InChI=1S/C24H19ClN2OS/c1-17-11-13-21-22(15-17)29-24(26-21)27(16-18-7-3-2-4-8-18)23(28)14-12-19-9-5-6-10-20(19)25/h2-15H,16H2,1H3/b14-12+. The molecule has 0 radical (unpaired) electrons. The molecule has 5 heteroatoms. The molecule has 0 aliphatic heterocycles. The first kappa shape index (κ1) is 19.4. The van der Waals surface area contributed by atoms with Gasteiger partial charge in [-0.1, -0.05) is 77.5 Å². The van der Waals surface area contributed by atoms with Crippen LogP contribution >= 0.6 is 22.9 Å². The van der Waals surface area contributed by atoms with E-state index >= 15 is 0 Å². The van der Waals surface area contributed by atoms with Gasteiger partial charge < -0.3 is 0 Å². The second kappa shape index (κ2) is 8.60. The molecule has 1 heterocycles. The number of hydrogen-bond donors (Lipinski definition) is 0. The van der Waals surface area contributed by atoms with E-state index in [9.17, 15) is 4.79 Å². The van der Waals surface area contributed by atoms with E-state index in [-0.39, 0.29) is 5.91 Å². The Balaban J connectivity index is 1.69. The summed E-state index contributed by atoms with van der Waals surface area (Å²) in [4.78, 5) is 19.6. The van der Waals surface area contributed by atoms with E-state index in [4.69, 9.17) is 16.6 Å². The maximum atomic E-state index is 13.1. The average molecular weight is 419 g/mol. The zero-order chi connectivity index (χ0) is 20.2. The van der Waals surface area contributed by atoms with Crippen LogP contribution in [0.2, 0.25) is 5.02 Å². The van der Waals surface area contributed by atoms with Gasteiger partial charge in [0.1, 0.15) is 0 Å². The average Bonchev–Trinajstić information content (AvgIpc) is 3.14. The van der Waals surface area contributed by atoms with Gasteiger partial charge in [0, 0.05) is 11.1 Å². The number of carbonyl (C=O) groups excluding carboxylic acids is 1. The third kappa shape index (κ3) is 4.56. The molecule has 4 aromatic rings. The molecule has 3 aromatic carbocycles. The third-order valence-corrected chi connectivity index (χ3v) is 5.91. The lowest BCUT2D eigenvalue weighted by atomic mass is 10.2. The molecule has 3 nitrogen and oxygen atoms in total. The Morgan fingerprint density at radius 3 is 2.62 bits per heavy atom. The van der Waals surface area contributed by atoms with Crippen LogP contribution in [0.4, 0.5) is 5.13 Å². The first-order valence-electron chi connectivity index (χ1n) is 9.25. The van der Waals surface area contributed by atoms with Crippen molar-refractivity contribution in [2.45, 2.75) is 13.5 Å². The minimum atomic E-state index is -0.135. The predicted octanol–water partition coefficient (Wildman–Crippen LogP) is 6.50. The Morgan fingerprint density at radius 1 is 1.07 bits per heavy atom. The van der Waals surface area contributed by atoms with E-state index in [1.54, 1.807) is 17.1 Å². The Hall–Kier alpha value is -2.95. The third-order valence-electron chi connectivity index (χ3n) is 4.52. The normalized spacial score (nSPS) is 11.2. The molecule has 0 bridgehead atoms. The summed E-state index contributed by atoms with van der Waals surface area (Å²) >= 11 is 7.74. The van der Waals surface area contributed by atoms with Gasteiger partial charge in [-0.15, -0.1) is 0 Å². The first-order valence-corrected chi connectivity index (χ1v) is 10.4. The summed E-state index contributed by atoms with van der Waals surface area (Å²) in [5.41, 5.74) is 3.92. The fourth-order valence-electron chi connectivity index (χ4n) is 3.00. The topological polar surface area (TPSA) is 33.2 Å². The van der Waals surface area contributed by atoms with Crippen molar-refractivity contribution in [2.75, 3.05) is 4.90 Å². The number of halogens is 1. The summed E-state index contributed by atoms with van der Waals surface area (Å²) in [5.74, 6) is -0.135. The van der Waals surface area contributed by atoms with Gasteiger partial charge in [0.15, 0.2) is 5.13 Å². The van der Waals surface area contributed by atoms with Gasteiger partial charge in [-0.05, 0) is 47.9 Å². The predicted molar refractivity (Wildman–Crippen MR) is 122 cm³/mol. The van der Waals surface area contributed by atoms with Crippen LogP contribution in [0.25, 0.3) is 16.3 Å². The lowest BCUT2D eigenvalue weighted by Gasteiger charge is -2.18. The minimum absolute atomic E-state index is 0.135. The number of anilines is 1. The zero-order valence-electron chi connectivity index (χ0n) is 15.9. The van der Waals surface area contributed by atoms with Crippen LogP contribution in [-0.4, -0.2) is 10.9 Å². The molecular formula is C24H19ClN2OS. The van der Waals surface area contributed by atoms with Crippen LogP contribution in [0.3, 0.4) is 0 Å². The molecule has 0 N–H and O–H groups in total. The molecule has 0 unspecified atom stereocenters. The van der Waals surface area contributed by atoms with E-state index < -0.39 is 0 Å². The molecule has 0 atom stereocenters. The Bertz CT molecular complexity index is 1180. The number of hydrogen-bond acceptors (Lipinski definition) is 3. The summed E-state index contributed by atoms with van der Waals surface area (Å²) in [7, 11) is 0. The number of nitrogens with zero attached hydrogens (tertiary/aromatic N) is 2. The van der Waals surface area contributed by atoms with Crippen LogP contribution in [-0.2, 0) is 11.3 Å². The van der Waals surface area contributed by atoms with E-state index in [0.29, 0.717) is 16.7 Å². The SMILES string of the molecule is Cc1ccc2nc(N(Cc3ccccc3)C(=O)/C=C/c3ccccc3Cl)sc2c1.